The highest BCUT2D eigenvalue weighted by Gasteiger charge is 2.33. The summed E-state index contributed by atoms with van der Waals surface area (Å²) in [5.41, 5.74) is 0.630. The van der Waals surface area contributed by atoms with Crippen molar-refractivity contribution in [3.05, 3.63) is 48.5 Å². The molecule has 0 fully saturated rings. The summed E-state index contributed by atoms with van der Waals surface area (Å²) in [5.74, 6) is 1.29. The first-order chi connectivity index (χ1) is 13.6. The number of ether oxygens (including phenoxy) is 3. The monoisotopic (exact) mass is 384 g/mol. The van der Waals surface area contributed by atoms with Crippen LogP contribution in [0.2, 0.25) is 0 Å². The Morgan fingerprint density at radius 3 is 2.57 bits per heavy atom. The average Bonchev–Trinajstić information content (AvgIpc) is 2.75. The normalized spacial score (nSPS) is 15.2. The largest absolute Gasteiger partial charge is 0.497 e. The van der Waals surface area contributed by atoms with Crippen LogP contribution in [0.3, 0.4) is 0 Å². The summed E-state index contributed by atoms with van der Waals surface area (Å²) in [5, 5.41) is 2.82. The number of amides is 2. The van der Waals surface area contributed by atoms with E-state index in [-0.39, 0.29) is 25.0 Å². The molecule has 0 aromatic heterocycles. The van der Waals surface area contributed by atoms with Gasteiger partial charge in [0, 0.05) is 6.54 Å². The molecule has 0 unspecified atom stereocenters. The van der Waals surface area contributed by atoms with E-state index >= 15 is 0 Å². The lowest BCUT2D eigenvalue weighted by atomic mass is 10.1. The molecule has 3 rings (SSSR count). The summed E-state index contributed by atoms with van der Waals surface area (Å²) in [4.78, 5) is 26.7. The standard InChI is InChI=1S/C21H24N2O5/c1-3-12-22-21(25)19-13-23(17-6-4-5-7-18(17)28-19)20(24)14-27-16-10-8-15(26-2)9-11-16/h4-11,19H,3,12-14H2,1-2H3,(H,22,25)/t19-/m0/s1. The van der Waals surface area contributed by atoms with Crippen LogP contribution in [0.15, 0.2) is 48.5 Å². The zero-order valence-corrected chi connectivity index (χ0v) is 16.0. The van der Waals surface area contributed by atoms with Gasteiger partial charge in [0.05, 0.1) is 19.3 Å². The molecule has 7 nitrogen and oxygen atoms in total. The molecule has 0 saturated carbocycles. The van der Waals surface area contributed by atoms with Crippen LogP contribution in [0.4, 0.5) is 5.69 Å². The van der Waals surface area contributed by atoms with Crippen LogP contribution >= 0.6 is 0 Å². The van der Waals surface area contributed by atoms with Crippen LogP contribution in [0.5, 0.6) is 17.2 Å². The van der Waals surface area contributed by atoms with Crippen LogP contribution in [-0.2, 0) is 9.59 Å². The third-order valence-corrected chi connectivity index (χ3v) is 4.34. The molecule has 7 heteroatoms. The Morgan fingerprint density at radius 2 is 1.86 bits per heavy atom. The van der Waals surface area contributed by atoms with Crippen molar-refractivity contribution in [2.45, 2.75) is 19.4 Å². The third kappa shape index (κ3) is 4.54. The van der Waals surface area contributed by atoms with Gasteiger partial charge in [-0.2, -0.15) is 0 Å². The second kappa shape index (κ2) is 9.12. The van der Waals surface area contributed by atoms with E-state index in [1.54, 1.807) is 48.4 Å². The average molecular weight is 384 g/mol. The minimum atomic E-state index is -0.758. The number of rotatable bonds is 7. The lowest BCUT2D eigenvalue weighted by Gasteiger charge is -2.34. The number of hydrogen-bond donors (Lipinski definition) is 1. The van der Waals surface area contributed by atoms with Crippen LogP contribution < -0.4 is 24.4 Å². The molecule has 0 bridgehead atoms. The summed E-state index contributed by atoms with van der Waals surface area (Å²) in [6.45, 7) is 2.53. The maximum absolute atomic E-state index is 12.8. The number of fused-ring (bicyclic) bond motifs is 1. The van der Waals surface area contributed by atoms with Gasteiger partial charge in [-0.15, -0.1) is 0 Å². The number of carbonyl (C=O) groups is 2. The summed E-state index contributed by atoms with van der Waals surface area (Å²) in [6.07, 6.45) is 0.0688. The van der Waals surface area contributed by atoms with Gasteiger partial charge in [0.15, 0.2) is 12.7 Å². The van der Waals surface area contributed by atoms with Crippen molar-refractivity contribution in [2.75, 3.05) is 31.7 Å². The van der Waals surface area contributed by atoms with Crippen molar-refractivity contribution >= 4 is 17.5 Å². The Balaban J connectivity index is 1.70. The van der Waals surface area contributed by atoms with Gasteiger partial charge in [0.1, 0.15) is 17.2 Å². The number of carbonyl (C=O) groups excluding carboxylic acids is 2. The number of nitrogens with zero attached hydrogens (tertiary/aromatic N) is 1. The van der Waals surface area contributed by atoms with Crippen molar-refractivity contribution in [2.24, 2.45) is 0 Å². The zero-order valence-electron chi connectivity index (χ0n) is 16.0. The topological polar surface area (TPSA) is 77.1 Å². The predicted molar refractivity (Wildman–Crippen MR) is 105 cm³/mol. The quantitative estimate of drug-likeness (QED) is 0.793. The lowest BCUT2D eigenvalue weighted by Crippen LogP contribution is -2.51. The molecule has 148 valence electrons. The van der Waals surface area contributed by atoms with Gasteiger partial charge in [-0.05, 0) is 42.8 Å². The van der Waals surface area contributed by atoms with Crippen molar-refractivity contribution < 1.29 is 23.8 Å². The number of nitrogens with one attached hydrogen (secondary N) is 1. The van der Waals surface area contributed by atoms with Gasteiger partial charge in [-0.3, -0.25) is 9.59 Å². The zero-order chi connectivity index (χ0) is 19.9. The van der Waals surface area contributed by atoms with E-state index in [0.717, 1.165) is 6.42 Å². The second-order valence-electron chi connectivity index (χ2n) is 6.33. The first-order valence-electron chi connectivity index (χ1n) is 9.23. The van der Waals surface area contributed by atoms with Gasteiger partial charge >= 0.3 is 0 Å². The SMILES string of the molecule is CCCNC(=O)[C@@H]1CN(C(=O)COc2ccc(OC)cc2)c2ccccc2O1. The molecule has 0 spiro atoms. The molecule has 1 aliphatic heterocycles. The predicted octanol–water partition coefficient (Wildman–Crippen LogP) is 2.39. The summed E-state index contributed by atoms with van der Waals surface area (Å²) < 4.78 is 16.5. The van der Waals surface area contributed by atoms with Crippen LogP contribution in [-0.4, -0.2) is 44.7 Å². The highest BCUT2D eigenvalue weighted by molar-refractivity contribution is 5.98. The Bertz CT molecular complexity index is 822. The maximum Gasteiger partial charge on any atom is 0.265 e. The van der Waals surface area contributed by atoms with Gasteiger partial charge < -0.3 is 24.4 Å². The van der Waals surface area contributed by atoms with Crippen LogP contribution in [0.25, 0.3) is 0 Å². The fraction of sp³-hybridized carbons (Fsp3) is 0.333. The maximum atomic E-state index is 12.8. The smallest absolute Gasteiger partial charge is 0.265 e. The molecule has 2 amide bonds. The number of benzene rings is 2. The highest BCUT2D eigenvalue weighted by atomic mass is 16.5. The van der Waals surface area contributed by atoms with Gasteiger partial charge in [-0.25, -0.2) is 0 Å². The van der Waals surface area contributed by atoms with E-state index in [4.69, 9.17) is 14.2 Å². The first kappa shape index (κ1) is 19.5. The molecule has 0 saturated heterocycles. The van der Waals surface area contributed by atoms with Crippen molar-refractivity contribution in [1.29, 1.82) is 0 Å². The second-order valence-corrected chi connectivity index (χ2v) is 6.33. The lowest BCUT2D eigenvalue weighted by molar-refractivity contribution is -0.128. The van der Waals surface area contributed by atoms with Crippen molar-refractivity contribution in [3.63, 3.8) is 0 Å². The van der Waals surface area contributed by atoms with Crippen LogP contribution in [0, 0.1) is 0 Å². The number of methoxy groups -OCH3 is 1. The molecule has 0 aliphatic carbocycles. The van der Waals surface area contributed by atoms with Gasteiger partial charge in [0.25, 0.3) is 11.8 Å². The van der Waals surface area contributed by atoms with E-state index in [9.17, 15) is 9.59 Å². The summed E-state index contributed by atoms with van der Waals surface area (Å²) >= 11 is 0. The Kier molecular flexibility index (Phi) is 6.37. The fourth-order valence-corrected chi connectivity index (χ4v) is 2.86. The number of hydrogen-bond acceptors (Lipinski definition) is 5. The van der Waals surface area contributed by atoms with E-state index in [0.29, 0.717) is 29.5 Å². The highest BCUT2D eigenvalue weighted by Crippen LogP contribution is 2.33. The number of para-hydroxylation sites is 2. The Morgan fingerprint density at radius 1 is 1.14 bits per heavy atom. The number of anilines is 1. The van der Waals surface area contributed by atoms with E-state index < -0.39 is 6.10 Å². The van der Waals surface area contributed by atoms with E-state index in [1.807, 2.05) is 19.1 Å². The van der Waals surface area contributed by atoms with E-state index in [2.05, 4.69) is 5.32 Å². The first-order valence-corrected chi connectivity index (χ1v) is 9.23. The molecule has 1 atom stereocenters. The minimum absolute atomic E-state index is 0.136. The molecule has 2 aromatic carbocycles. The molecule has 2 aromatic rings. The van der Waals surface area contributed by atoms with Crippen molar-refractivity contribution in [3.8, 4) is 17.2 Å². The Hall–Kier alpha value is -3.22. The Labute approximate surface area is 164 Å². The molecular weight excluding hydrogens is 360 g/mol. The molecule has 0 radical (unpaired) electrons. The van der Waals surface area contributed by atoms with Gasteiger partial charge in [0.2, 0.25) is 0 Å². The molecule has 1 aliphatic rings. The van der Waals surface area contributed by atoms with Gasteiger partial charge in [-0.1, -0.05) is 19.1 Å². The fourth-order valence-electron chi connectivity index (χ4n) is 2.86. The summed E-state index contributed by atoms with van der Waals surface area (Å²) in [6, 6.07) is 14.2. The van der Waals surface area contributed by atoms with Crippen molar-refractivity contribution in [1.82, 2.24) is 5.32 Å². The molecule has 1 N–H and O–H groups in total. The minimum Gasteiger partial charge on any atom is -0.497 e. The molecule has 28 heavy (non-hydrogen) atoms. The molecule has 1 heterocycles. The third-order valence-electron chi connectivity index (χ3n) is 4.34. The van der Waals surface area contributed by atoms with E-state index in [1.165, 1.54) is 0 Å². The van der Waals surface area contributed by atoms with Crippen LogP contribution in [0.1, 0.15) is 13.3 Å². The molecular formula is C21H24N2O5. The summed E-state index contributed by atoms with van der Waals surface area (Å²) in [7, 11) is 1.59.